The summed E-state index contributed by atoms with van der Waals surface area (Å²) in [5.41, 5.74) is 1.73. The zero-order chi connectivity index (χ0) is 69.9. The van der Waals surface area contributed by atoms with E-state index in [0.717, 1.165) is 56.7 Å². The van der Waals surface area contributed by atoms with Gasteiger partial charge < -0.3 is 80.8 Å². The van der Waals surface area contributed by atoms with Gasteiger partial charge >= 0.3 is 23.8 Å². The van der Waals surface area contributed by atoms with Crippen LogP contribution in [-0.4, -0.2) is 190 Å². The molecule has 4 aliphatic rings. The second-order valence-corrected chi connectivity index (χ2v) is 27.5. The number of likely N-dealkylation sites (N-methyl/N-ethyl adjacent to an activating group) is 1. The smallest absolute Gasteiger partial charge is 0.358 e. The van der Waals surface area contributed by atoms with Crippen molar-refractivity contribution in [1.29, 1.82) is 0 Å². The summed E-state index contributed by atoms with van der Waals surface area (Å²) in [7, 11) is 4.82. The SMILES string of the molecule is COC(C)=C1NC(=O)C(C(C)O)NC(=O)c2csc(n2)-c2cc(O)c(-c3nc(C(=O)NC(=O)C(N)=O)cs3)nc2-c2csc(n2)C2COC(=O)c3c4c5c(cccc5n3O)COC(=O)C(OC3CC(C)(O)C(N(C)C)C(C)O3)C(OC4)C(NC(=O)c3csc1n3)c1nc(cs1)C(=O)N2. The maximum absolute atomic E-state index is 15.2. The average molecular weight is 1440 g/mol. The summed E-state index contributed by atoms with van der Waals surface area (Å²) in [5.74, 6) is -10.5. The Labute approximate surface area is 572 Å². The van der Waals surface area contributed by atoms with Crippen molar-refractivity contribution in [2.24, 2.45) is 5.73 Å². The number of fused-ring (bicyclic) bond motifs is 15. The summed E-state index contributed by atoms with van der Waals surface area (Å²) in [4.78, 5) is 155. The number of imide groups is 1. The van der Waals surface area contributed by atoms with Gasteiger partial charge in [0.05, 0.1) is 43.1 Å². The first-order chi connectivity index (χ1) is 46.7. The minimum atomic E-state index is -1.93. The van der Waals surface area contributed by atoms with Crippen LogP contribution in [-0.2, 0) is 60.8 Å². The number of aliphatic hydroxyl groups excluding tert-OH is 1. The predicted octanol–water partition coefficient (Wildman–Crippen LogP) is 2.90. The Balaban J connectivity index is 1.04. The Morgan fingerprint density at radius 3 is 2.21 bits per heavy atom. The van der Waals surface area contributed by atoms with E-state index in [-0.39, 0.29) is 110 Å². The summed E-state index contributed by atoms with van der Waals surface area (Å²) in [6.07, 6.45) is -7.61. The molecule has 38 heteroatoms. The standard InChI is InChI=1S/C60H58N14O19S5/c1-21(75)37-51(82)70-38(22(2)88-7)55-65-31(19-96-55)49(80)71-41-43-44(93-35-12-60(4,86)45(73(5)6)23(3)92-35)59(85)90-13-24-9-8-10-33-36(24)26(14-89-43)42(74(33)87)58(84)91-15-27(62-47(78)29-18-98-57(41)67-29)54-63-28(16-95-54)39-25(53-64-30(17-94-53)48(79)69-37)11-34(76)40(68-39)56-66-32(20-97-56)50(81)72-52(83)46(61)77/h8-11,16-21,23,27,35,37,41,43-45,75-76,86-87H,12-15H2,1-7H3,(H2,61,77)(H,62,78)(H,69,79)(H,70,82)(H,71,80)(H,72,81,83). The topological polar surface area (TPSA) is 462 Å². The number of carbonyl (C=O) groups is 9. The number of aliphatic hydroxyl groups is 2. The van der Waals surface area contributed by atoms with Gasteiger partial charge in [-0.1, -0.05) is 12.1 Å². The Hall–Kier alpha value is -9.61. The van der Waals surface area contributed by atoms with Crippen LogP contribution in [0.15, 0.2) is 56.9 Å². The zero-order valence-corrected chi connectivity index (χ0v) is 56.4. The lowest BCUT2D eigenvalue weighted by atomic mass is 9.85. The van der Waals surface area contributed by atoms with Crippen LogP contribution < -0.4 is 32.3 Å². The maximum Gasteiger partial charge on any atom is 0.358 e. The molecule has 0 aliphatic carbocycles. The quantitative estimate of drug-likeness (QED) is 0.0474. The molecule has 4 aliphatic heterocycles. The number of nitrogens with one attached hydrogen (secondary N) is 5. The fourth-order valence-electron chi connectivity index (χ4n) is 11.7. The normalized spacial score (nSPS) is 24.0. The van der Waals surface area contributed by atoms with Crippen LogP contribution in [0.4, 0.5) is 0 Å². The van der Waals surface area contributed by atoms with Crippen molar-refractivity contribution >= 4 is 127 Å². The largest absolute Gasteiger partial charge is 0.506 e. The van der Waals surface area contributed by atoms with Gasteiger partial charge in [-0.05, 0) is 59.5 Å². The summed E-state index contributed by atoms with van der Waals surface area (Å²) in [5, 5.41) is 66.4. The molecule has 11 N–H and O–H groups in total. The summed E-state index contributed by atoms with van der Waals surface area (Å²) < 4.78 is 38.1. The van der Waals surface area contributed by atoms with Crippen molar-refractivity contribution in [2.75, 3.05) is 27.8 Å². The summed E-state index contributed by atoms with van der Waals surface area (Å²) in [6.45, 7) is 4.16. The van der Waals surface area contributed by atoms with Crippen molar-refractivity contribution < 1.29 is 92.1 Å². The highest BCUT2D eigenvalue weighted by molar-refractivity contribution is 7.14. The number of methoxy groups -OCH3 is 1. The van der Waals surface area contributed by atoms with Crippen LogP contribution in [0.2, 0.25) is 0 Å². The van der Waals surface area contributed by atoms with Crippen molar-refractivity contribution in [1.82, 2.24) is 66.1 Å². The summed E-state index contributed by atoms with van der Waals surface area (Å²) in [6, 6.07) is 0.513. The Morgan fingerprint density at radius 2 is 1.50 bits per heavy atom. The summed E-state index contributed by atoms with van der Waals surface area (Å²) >= 11 is 4.31. The molecule has 0 saturated carbocycles. The van der Waals surface area contributed by atoms with E-state index in [1.54, 1.807) is 45.0 Å². The minimum Gasteiger partial charge on any atom is -0.506 e. The van der Waals surface area contributed by atoms with Crippen LogP contribution in [0, 0.1) is 0 Å². The molecule has 11 heterocycles. The van der Waals surface area contributed by atoms with E-state index < -0.39 is 145 Å². The van der Waals surface area contributed by atoms with E-state index in [9.17, 15) is 49.3 Å². The highest BCUT2D eigenvalue weighted by Crippen LogP contribution is 2.43. The molecule has 33 nitrogen and oxygen atoms in total. The second kappa shape index (κ2) is 27.4. The number of hydrogen-bond acceptors (Lipinski definition) is 31. The Kier molecular flexibility index (Phi) is 19.1. The molecule has 98 heavy (non-hydrogen) atoms. The van der Waals surface area contributed by atoms with Crippen LogP contribution >= 0.6 is 56.7 Å². The molecule has 10 unspecified atom stereocenters. The fourth-order valence-corrected chi connectivity index (χ4v) is 15.9. The number of carbonyl (C=O) groups excluding carboxylic acids is 9. The molecule has 1 saturated heterocycles. The van der Waals surface area contributed by atoms with Gasteiger partial charge in [0.25, 0.3) is 23.6 Å². The number of rotatable bonds is 7. The van der Waals surface area contributed by atoms with E-state index in [4.69, 9.17) is 49.1 Å². The fraction of sp³-hybridized carbons (Fsp3) is 0.350. The van der Waals surface area contributed by atoms with Gasteiger partial charge in [-0.15, -0.1) is 56.7 Å². The molecule has 7 amide bonds. The van der Waals surface area contributed by atoms with Crippen molar-refractivity contribution in [3.05, 3.63) is 112 Å². The van der Waals surface area contributed by atoms with Gasteiger partial charge in [-0.25, -0.2) is 39.5 Å². The van der Waals surface area contributed by atoms with E-state index in [2.05, 4.69) is 36.2 Å². The molecule has 7 aromatic heterocycles. The molecule has 0 radical (unpaired) electrons. The number of aromatic nitrogens is 7. The number of thiazole rings is 5. The molecule has 12 rings (SSSR count). The number of allylic oxidation sites excluding steroid dienone is 1. The number of primary amides is 1. The number of pyridine rings is 1. The van der Waals surface area contributed by atoms with E-state index in [1.807, 2.05) is 5.32 Å². The number of nitrogens with zero attached hydrogens (tertiary/aromatic N) is 8. The van der Waals surface area contributed by atoms with Gasteiger partial charge in [0.1, 0.15) is 120 Å². The number of ether oxygens (including phenoxy) is 6. The number of aromatic hydroxyl groups is 1. The Morgan fingerprint density at radius 1 is 0.837 bits per heavy atom. The molecule has 512 valence electrons. The second-order valence-electron chi connectivity index (χ2n) is 23.2. The van der Waals surface area contributed by atoms with Gasteiger partial charge in [0.15, 0.2) is 18.1 Å². The highest BCUT2D eigenvalue weighted by Gasteiger charge is 2.50. The monoisotopic (exact) mass is 1440 g/mol. The van der Waals surface area contributed by atoms with Gasteiger partial charge in [-0.2, -0.15) is 4.73 Å². The van der Waals surface area contributed by atoms with Gasteiger partial charge in [-0.3, -0.25) is 38.9 Å². The molecule has 10 atom stereocenters. The van der Waals surface area contributed by atoms with Gasteiger partial charge in [0, 0.05) is 49.8 Å². The minimum absolute atomic E-state index is 0.00193. The first kappa shape index (κ1) is 68.3. The molecule has 1 fully saturated rings. The van der Waals surface area contributed by atoms with Crippen molar-refractivity contribution in [3.63, 3.8) is 0 Å². The molecule has 12 bridgehead atoms. The number of hydrogen-bond donors (Lipinski definition) is 10. The third-order valence-corrected chi connectivity index (χ3v) is 20.7. The molecule has 1 aromatic carbocycles. The van der Waals surface area contributed by atoms with E-state index in [0.29, 0.717) is 4.73 Å². The maximum atomic E-state index is 15.2. The van der Waals surface area contributed by atoms with Crippen molar-refractivity contribution in [2.45, 2.75) is 108 Å². The van der Waals surface area contributed by atoms with Crippen LogP contribution in [0.5, 0.6) is 5.75 Å². The van der Waals surface area contributed by atoms with Crippen LogP contribution in [0.3, 0.4) is 0 Å². The van der Waals surface area contributed by atoms with E-state index in [1.165, 1.54) is 60.0 Å². The first-order valence-electron chi connectivity index (χ1n) is 29.5. The third kappa shape index (κ3) is 13.3. The first-order valence-corrected chi connectivity index (χ1v) is 33.9. The predicted molar refractivity (Wildman–Crippen MR) is 346 cm³/mol. The number of esters is 2. The lowest BCUT2D eigenvalue weighted by Crippen LogP contribution is -2.62. The molecular formula is C60H58N14O19S5. The number of cyclic esters (lactones) is 2. The average Bonchev–Trinajstić information content (AvgIpc) is 1.65. The highest BCUT2D eigenvalue weighted by atomic mass is 32.1. The number of amides is 7. The lowest BCUT2D eigenvalue weighted by Gasteiger charge is -2.48. The lowest BCUT2D eigenvalue weighted by molar-refractivity contribution is -0.280. The molecule has 0 spiro atoms. The number of nitrogens with two attached hydrogens (primary N) is 1. The van der Waals surface area contributed by atoms with Crippen molar-refractivity contribution in [3.8, 4) is 38.4 Å². The molecule has 8 aromatic rings. The van der Waals surface area contributed by atoms with E-state index >= 15 is 14.4 Å². The Bertz CT molecular complexity index is 4610. The zero-order valence-electron chi connectivity index (χ0n) is 52.3. The van der Waals surface area contributed by atoms with Crippen LogP contribution in [0.1, 0.15) is 125 Å². The van der Waals surface area contributed by atoms with Crippen LogP contribution in [0.25, 0.3) is 49.3 Å². The third-order valence-electron chi connectivity index (χ3n) is 16.2. The number of benzene rings is 1. The molecular weight excluding hydrogens is 1380 g/mol. The van der Waals surface area contributed by atoms with Gasteiger partial charge in [0.2, 0.25) is 5.91 Å².